The standard InChI is InChI=1S/C13H16ClF3N2O/c14-10-6-9(13(15,16)17)7-11(19-10)18-8-12(20)4-2-1-3-5-12/h6-7,20H,1-5,8H2,(H,18,19). The highest BCUT2D eigenvalue weighted by atomic mass is 35.5. The molecule has 3 nitrogen and oxygen atoms in total. The summed E-state index contributed by atoms with van der Waals surface area (Å²) in [6, 6.07) is 1.68. The molecule has 1 fully saturated rings. The van der Waals surface area contributed by atoms with Crippen molar-refractivity contribution in [3.63, 3.8) is 0 Å². The van der Waals surface area contributed by atoms with E-state index in [1.807, 2.05) is 0 Å². The van der Waals surface area contributed by atoms with Crippen LogP contribution in [0.1, 0.15) is 37.7 Å². The third kappa shape index (κ3) is 3.99. The summed E-state index contributed by atoms with van der Waals surface area (Å²) in [5.41, 5.74) is -1.73. The van der Waals surface area contributed by atoms with Gasteiger partial charge in [0.2, 0.25) is 0 Å². The molecule has 0 amide bonds. The molecule has 1 heterocycles. The Hall–Kier alpha value is -1.01. The predicted molar refractivity (Wildman–Crippen MR) is 70.8 cm³/mol. The number of anilines is 1. The van der Waals surface area contributed by atoms with Gasteiger partial charge in [0, 0.05) is 6.54 Å². The van der Waals surface area contributed by atoms with Gasteiger partial charge in [-0.3, -0.25) is 0 Å². The molecule has 0 aromatic carbocycles. The van der Waals surface area contributed by atoms with Crippen LogP contribution in [0.25, 0.3) is 0 Å². The average molecular weight is 309 g/mol. The summed E-state index contributed by atoms with van der Waals surface area (Å²) in [6.07, 6.45) is -0.246. The molecule has 0 radical (unpaired) electrons. The van der Waals surface area contributed by atoms with E-state index in [1.165, 1.54) is 0 Å². The fourth-order valence-electron chi connectivity index (χ4n) is 2.39. The van der Waals surface area contributed by atoms with E-state index >= 15 is 0 Å². The number of nitrogens with zero attached hydrogens (tertiary/aromatic N) is 1. The molecule has 1 aliphatic rings. The number of pyridine rings is 1. The summed E-state index contributed by atoms with van der Waals surface area (Å²) in [6.45, 7) is 0.178. The Balaban J connectivity index is 2.07. The summed E-state index contributed by atoms with van der Waals surface area (Å²) in [5.74, 6) is 0.0313. The first-order valence-corrected chi connectivity index (χ1v) is 6.87. The Morgan fingerprint density at radius 2 is 1.90 bits per heavy atom. The highest BCUT2D eigenvalue weighted by Crippen LogP contribution is 2.33. The zero-order valence-corrected chi connectivity index (χ0v) is 11.6. The molecule has 2 N–H and O–H groups in total. The van der Waals surface area contributed by atoms with Gasteiger partial charge in [0.05, 0.1) is 11.2 Å². The van der Waals surface area contributed by atoms with Gasteiger partial charge in [0.1, 0.15) is 11.0 Å². The Kier molecular flexibility index (Phi) is 4.44. The number of alkyl halides is 3. The van der Waals surface area contributed by atoms with Crippen LogP contribution in [0, 0.1) is 0 Å². The summed E-state index contributed by atoms with van der Waals surface area (Å²) in [4.78, 5) is 3.81. The van der Waals surface area contributed by atoms with Gasteiger partial charge >= 0.3 is 6.18 Å². The molecule has 20 heavy (non-hydrogen) atoms. The van der Waals surface area contributed by atoms with Crippen LogP contribution in [0.2, 0.25) is 5.15 Å². The Bertz CT molecular complexity index is 473. The van der Waals surface area contributed by atoms with E-state index in [9.17, 15) is 18.3 Å². The number of nitrogens with one attached hydrogen (secondary N) is 1. The second-order valence-corrected chi connectivity index (χ2v) is 5.59. The quantitative estimate of drug-likeness (QED) is 0.833. The van der Waals surface area contributed by atoms with Crippen LogP contribution >= 0.6 is 11.6 Å². The second kappa shape index (κ2) is 5.77. The third-order valence-electron chi connectivity index (χ3n) is 3.50. The normalized spacial score (nSPS) is 18.9. The van der Waals surface area contributed by atoms with Crippen LogP contribution < -0.4 is 5.32 Å². The fraction of sp³-hybridized carbons (Fsp3) is 0.615. The first kappa shape index (κ1) is 15.4. The molecular weight excluding hydrogens is 293 g/mol. The third-order valence-corrected chi connectivity index (χ3v) is 3.70. The van der Waals surface area contributed by atoms with Crippen LogP contribution in [0.5, 0.6) is 0 Å². The van der Waals surface area contributed by atoms with Gasteiger partial charge in [0.25, 0.3) is 0 Å². The molecule has 0 saturated heterocycles. The molecule has 1 aromatic heterocycles. The minimum Gasteiger partial charge on any atom is -0.388 e. The summed E-state index contributed by atoms with van der Waals surface area (Å²) in [5, 5.41) is 12.8. The summed E-state index contributed by atoms with van der Waals surface area (Å²) < 4.78 is 38.0. The molecule has 0 bridgehead atoms. The van der Waals surface area contributed by atoms with Crippen molar-refractivity contribution in [2.75, 3.05) is 11.9 Å². The maximum absolute atomic E-state index is 12.7. The topological polar surface area (TPSA) is 45.1 Å². The smallest absolute Gasteiger partial charge is 0.388 e. The molecule has 7 heteroatoms. The number of aromatic nitrogens is 1. The molecule has 112 valence electrons. The fourth-order valence-corrected chi connectivity index (χ4v) is 2.60. The van der Waals surface area contributed by atoms with E-state index < -0.39 is 17.3 Å². The van der Waals surface area contributed by atoms with Gasteiger partial charge in [-0.05, 0) is 25.0 Å². The van der Waals surface area contributed by atoms with Crippen LogP contribution in [-0.4, -0.2) is 22.2 Å². The molecule has 1 aliphatic carbocycles. The van der Waals surface area contributed by atoms with E-state index in [0.29, 0.717) is 12.8 Å². The van der Waals surface area contributed by atoms with Gasteiger partial charge in [-0.1, -0.05) is 30.9 Å². The Morgan fingerprint density at radius 3 is 2.50 bits per heavy atom. The van der Waals surface area contributed by atoms with Crippen molar-refractivity contribution in [1.82, 2.24) is 4.98 Å². The van der Waals surface area contributed by atoms with Gasteiger partial charge in [0.15, 0.2) is 0 Å². The van der Waals surface area contributed by atoms with Crippen molar-refractivity contribution in [2.45, 2.75) is 43.9 Å². The number of hydrogen-bond acceptors (Lipinski definition) is 3. The van der Waals surface area contributed by atoms with Crippen LogP contribution in [0.3, 0.4) is 0 Å². The number of rotatable bonds is 3. The van der Waals surface area contributed by atoms with Crippen molar-refractivity contribution in [1.29, 1.82) is 0 Å². The monoisotopic (exact) mass is 308 g/mol. The van der Waals surface area contributed by atoms with Crippen molar-refractivity contribution >= 4 is 17.4 Å². The van der Waals surface area contributed by atoms with Crippen molar-refractivity contribution < 1.29 is 18.3 Å². The van der Waals surface area contributed by atoms with E-state index in [0.717, 1.165) is 31.4 Å². The van der Waals surface area contributed by atoms with E-state index in [2.05, 4.69) is 10.3 Å². The molecule has 0 atom stereocenters. The van der Waals surface area contributed by atoms with Gasteiger partial charge < -0.3 is 10.4 Å². The van der Waals surface area contributed by atoms with Crippen LogP contribution in [-0.2, 0) is 6.18 Å². The van der Waals surface area contributed by atoms with Crippen LogP contribution in [0.4, 0.5) is 19.0 Å². The predicted octanol–water partition coefficient (Wildman–Crippen LogP) is 3.86. The molecule has 0 spiro atoms. The molecule has 0 unspecified atom stereocenters. The highest BCUT2D eigenvalue weighted by molar-refractivity contribution is 6.29. The molecule has 0 aliphatic heterocycles. The van der Waals surface area contributed by atoms with Crippen molar-refractivity contribution in [3.05, 3.63) is 22.8 Å². The lowest BCUT2D eigenvalue weighted by Crippen LogP contribution is -2.39. The maximum Gasteiger partial charge on any atom is 0.416 e. The van der Waals surface area contributed by atoms with Crippen molar-refractivity contribution in [3.8, 4) is 0 Å². The first-order chi connectivity index (χ1) is 9.28. The second-order valence-electron chi connectivity index (χ2n) is 5.20. The SMILES string of the molecule is OC1(CNc2cc(C(F)(F)F)cc(Cl)n2)CCCCC1. The average Bonchev–Trinajstić information content (AvgIpc) is 2.36. The van der Waals surface area contributed by atoms with E-state index in [-0.39, 0.29) is 17.5 Å². The van der Waals surface area contributed by atoms with E-state index in [1.54, 1.807) is 0 Å². The molecule has 2 rings (SSSR count). The van der Waals surface area contributed by atoms with Gasteiger partial charge in [-0.2, -0.15) is 13.2 Å². The van der Waals surface area contributed by atoms with Crippen molar-refractivity contribution in [2.24, 2.45) is 0 Å². The maximum atomic E-state index is 12.7. The zero-order chi connectivity index (χ0) is 14.8. The molecule has 1 aromatic rings. The number of aliphatic hydroxyl groups is 1. The van der Waals surface area contributed by atoms with Gasteiger partial charge in [-0.15, -0.1) is 0 Å². The minimum atomic E-state index is -4.47. The summed E-state index contributed by atoms with van der Waals surface area (Å²) >= 11 is 5.60. The van der Waals surface area contributed by atoms with Gasteiger partial charge in [-0.25, -0.2) is 4.98 Å². The lowest BCUT2D eigenvalue weighted by atomic mass is 9.85. The van der Waals surface area contributed by atoms with Crippen LogP contribution in [0.15, 0.2) is 12.1 Å². The van der Waals surface area contributed by atoms with E-state index in [4.69, 9.17) is 11.6 Å². The largest absolute Gasteiger partial charge is 0.416 e. The lowest BCUT2D eigenvalue weighted by Gasteiger charge is -2.32. The summed E-state index contributed by atoms with van der Waals surface area (Å²) in [7, 11) is 0. The lowest BCUT2D eigenvalue weighted by molar-refractivity contribution is -0.137. The minimum absolute atomic E-state index is 0.0313. The zero-order valence-electron chi connectivity index (χ0n) is 10.8. The molecular formula is C13H16ClF3N2O. The Morgan fingerprint density at radius 1 is 1.25 bits per heavy atom. The first-order valence-electron chi connectivity index (χ1n) is 6.50. The molecule has 1 saturated carbocycles. The number of halogens is 4. The Labute approximate surface area is 120 Å². The number of hydrogen-bond donors (Lipinski definition) is 2. The highest BCUT2D eigenvalue weighted by Gasteiger charge is 2.32.